The summed E-state index contributed by atoms with van der Waals surface area (Å²) in [6.07, 6.45) is 3.32. The van der Waals surface area contributed by atoms with Gasteiger partial charge >= 0.3 is 12.0 Å². The minimum atomic E-state index is -0.797. The molecule has 0 fully saturated rings. The first kappa shape index (κ1) is 25.0. The van der Waals surface area contributed by atoms with E-state index >= 15 is 0 Å². The van der Waals surface area contributed by atoms with E-state index in [4.69, 9.17) is 9.47 Å². The number of carbonyl (C=O) groups is 1. The molecule has 2 heterocycles. The summed E-state index contributed by atoms with van der Waals surface area (Å²) in [6.45, 7) is 7.57. The van der Waals surface area contributed by atoms with Gasteiger partial charge in [0.15, 0.2) is 5.13 Å². The van der Waals surface area contributed by atoms with Crippen molar-refractivity contribution < 1.29 is 18.7 Å². The van der Waals surface area contributed by atoms with E-state index < -0.39 is 5.41 Å². The molecule has 0 unspecified atom stereocenters. The lowest BCUT2D eigenvalue weighted by Crippen LogP contribution is -2.32. The normalized spacial score (nSPS) is 10.9. The van der Waals surface area contributed by atoms with E-state index in [1.165, 1.54) is 24.5 Å². The summed E-state index contributed by atoms with van der Waals surface area (Å²) in [5.74, 6) is -0.692. The number of fused-ring (bicyclic) bond motifs is 1. The van der Waals surface area contributed by atoms with Crippen LogP contribution in [0.3, 0.4) is 0 Å². The number of hydrogen-bond donors (Lipinski definition) is 1. The van der Waals surface area contributed by atoms with Crippen molar-refractivity contribution in [1.29, 1.82) is 0 Å². The third-order valence-corrected chi connectivity index (χ3v) is 5.70. The summed E-state index contributed by atoms with van der Waals surface area (Å²) in [6, 6.07) is 12.8. The first-order valence-corrected chi connectivity index (χ1v) is 11.6. The second kappa shape index (κ2) is 11.0. The molecule has 7 nitrogen and oxygen atoms in total. The Hall–Kier alpha value is -3.59. The van der Waals surface area contributed by atoms with Crippen molar-refractivity contribution in [1.82, 2.24) is 15.0 Å². The Labute approximate surface area is 202 Å². The van der Waals surface area contributed by atoms with Crippen LogP contribution in [0.5, 0.6) is 6.01 Å². The third kappa shape index (κ3) is 5.85. The van der Waals surface area contributed by atoms with Gasteiger partial charge in [0.05, 0.1) is 17.2 Å². The maximum absolute atomic E-state index is 13.8. The number of para-hydroxylation sites is 1. The predicted octanol–water partition coefficient (Wildman–Crippen LogP) is 6.24. The Morgan fingerprint density at radius 2 is 1.74 bits per heavy atom. The van der Waals surface area contributed by atoms with Crippen LogP contribution in [0.1, 0.15) is 27.7 Å². The minimum Gasteiger partial charge on any atom is -0.469 e. The second-order valence-corrected chi connectivity index (χ2v) is 8.76. The average molecular weight is 483 g/mol. The van der Waals surface area contributed by atoms with Crippen LogP contribution in [0.15, 0.2) is 54.9 Å². The first-order chi connectivity index (χ1) is 16.4. The van der Waals surface area contributed by atoms with Gasteiger partial charge in [-0.15, -0.1) is 0 Å². The van der Waals surface area contributed by atoms with Crippen LogP contribution in [0.4, 0.5) is 15.2 Å². The molecule has 0 saturated carbocycles. The molecule has 0 aliphatic carbocycles. The van der Waals surface area contributed by atoms with Crippen LogP contribution >= 0.6 is 11.3 Å². The Morgan fingerprint density at radius 3 is 2.35 bits per heavy atom. The molecule has 0 aliphatic heterocycles. The van der Waals surface area contributed by atoms with Crippen molar-refractivity contribution in [3.05, 3.63) is 60.7 Å². The summed E-state index contributed by atoms with van der Waals surface area (Å²) in [5, 5.41) is 3.83. The standard InChI is InChI=1S/C23H21FN4O3S.C2H6/c1-23(2,20(29)30-3)13-31-21-25-11-15(12-26-21)14-7-9-16(10-8-14)27-22-28-19-17(24)5-4-6-18(19)32-22;1-2/h4-12H,13H2,1-3H3,(H,27,28);1-2H3. The van der Waals surface area contributed by atoms with E-state index in [9.17, 15) is 9.18 Å². The molecule has 34 heavy (non-hydrogen) atoms. The van der Waals surface area contributed by atoms with E-state index in [0.29, 0.717) is 10.6 Å². The third-order valence-electron chi connectivity index (χ3n) is 4.77. The summed E-state index contributed by atoms with van der Waals surface area (Å²) >= 11 is 1.39. The van der Waals surface area contributed by atoms with Crippen molar-refractivity contribution in [2.45, 2.75) is 27.7 Å². The van der Waals surface area contributed by atoms with Crippen LogP contribution in [0.2, 0.25) is 0 Å². The molecule has 1 N–H and O–H groups in total. The Kier molecular flexibility index (Phi) is 8.12. The van der Waals surface area contributed by atoms with Gasteiger partial charge in [0.1, 0.15) is 17.9 Å². The van der Waals surface area contributed by atoms with Crippen LogP contribution in [0.25, 0.3) is 21.3 Å². The van der Waals surface area contributed by atoms with Gasteiger partial charge in [-0.3, -0.25) is 4.79 Å². The molecule has 4 aromatic rings. The first-order valence-electron chi connectivity index (χ1n) is 10.8. The molecule has 0 radical (unpaired) electrons. The number of halogens is 1. The summed E-state index contributed by atoms with van der Waals surface area (Å²) in [4.78, 5) is 24.5. The molecule has 0 aliphatic rings. The Balaban J connectivity index is 0.00000158. The number of methoxy groups -OCH3 is 1. The lowest BCUT2D eigenvalue weighted by atomic mass is 9.95. The molecule has 2 aromatic heterocycles. The number of thiazole rings is 1. The van der Waals surface area contributed by atoms with Crippen LogP contribution in [0, 0.1) is 11.2 Å². The Morgan fingerprint density at radius 1 is 1.06 bits per heavy atom. The van der Waals surface area contributed by atoms with Crippen LogP contribution in [-0.2, 0) is 9.53 Å². The number of esters is 1. The quantitative estimate of drug-likeness (QED) is 0.312. The van der Waals surface area contributed by atoms with Crippen molar-refractivity contribution >= 4 is 38.3 Å². The number of nitrogens with zero attached hydrogens (tertiary/aromatic N) is 3. The summed E-state index contributed by atoms with van der Waals surface area (Å²) < 4.78 is 24.9. The van der Waals surface area contributed by atoms with Gasteiger partial charge in [-0.1, -0.05) is 43.4 Å². The molecule has 0 amide bonds. The molecular formula is C25H27FN4O3S. The fourth-order valence-corrected chi connectivity index (χ4v) is 3.86. The number of aromatic nitrogens is 3. The SMILES string of the molecule is CC.COC(=O)C(C)(C)COc1ncc(-c2ccc(Nc3nc4c(F)cccc4s3)cc2)cn1. The van der Waals surface area contributed by atoms with E-state index in [-0.39, 0.29) is 24.4 Å². The zero-order valence-electron chi connectivity index (χ0n) is 19.8. The van der Waals surface area contributed by atoms with E-state index in [1.54, 1.807) is 32.3 Å². The molecule has 178 valence electrons. The molecule has 0 bridgehead atoms. The molecule has 2 aromatic carbocycles. The van der Waals surface area contributed by atoms with Crippen molar-refractivity contribution in [2.75, 3.05) is 19.0 Å². The zero-order chi connectivity index (χ0) is 24.7. The highest BCUT2D eigenvalue weighted by Crippen LogP contribution is 2.30. The number of carbonyl (C=O) groups excluding carboxylic acids is 1. The maximum atomic E-state index is 13.8. The molecule has 0 spiro atoms. The van der Waals surface area contributed by atoms with Crippen LogP contribution in [-0.4, -0.2) is 34.6 Å². The van der Waals surface area contributed by atoms with Crippen molar-refractivity contribution in [2.24, 2.45) is 5.41 Å². The lowest BCUT2D eigenvalue weighted by Gasteiger charge is -2.20. The van der Waals surface area contributed by atoms with Gasteiger partial charge in [0.2, 0.25) is 0 Å². The monoisotopic (exact) mass is 482 g/mol. The highest BCUT2D eigenvalue weighted by molar-refractivity contribution is 7.22. The van der Waals surface area contributed by atoms with Crippen molar-refractivity contribution in [3.8, 4) is 17.1 Å². The van der Waals surface area contributed by atoms with Gasteiger partial charge in [0.25, 0.3) is 0 Å². The molecule has 0 saturated heterocycles. The summed E-state index contributed by atoms with van der Waals surface area (Å²) in [5.41, 5.74) is 2.14. The summed E-state index contributed by atoms with van der Waals surface area (Å²) in [7, 11) is 1.34. The predicted molar refractivity (Wildman–Crippen MR) is 133 cm³/mol. The number of rotatable bonds is 7. The minimum absolute atomic E-state index is 0.106. The number of benzene rings is 2. The molecule has 0 atom stereocenters. The number of ether oxygens (including phenoxy) is 2. The molecule has 4 rings (SSSR count). The number of nitrogens with one attached hydrogen (secondary N) is 1. The Bertz CT molecular complexity index is 1240. The smallest absolute Gasteiger partial charge is 0.316 e. The largest absolute Gasteiger partial charge is 0.469 e. The number of hydrogen-bond acceptors (Lipinski definition) is 8. The highest BCUT2D eigenvalue weighted by atomic mass is 32.1. The fraction of sp³-hybridized carbons (Fsp3) is 0.280. The van der Waals surface area contributed by atoms with Gasteiger partial charge in [0, 0.05) is 23.6 Å². The van der Waals surface area contributed by atoms with Gasteiger partial charge in [-0.05, 0) is 43.7 Å². The van der Waals surface area contributed by atoms with Crippen molar-refractivity contribution in [3.63, 3.8) is 0 Å². The van der Waals surface area contributed by atoms with E-state index in [0.717, 1.165) is 21.5 Å². The lowest BCUT2D eigenvalue weighted by molar-refractivity contribution is -0.152. The maximum Gasteiger partial charge on any atom is 0.316 e. The zero-order valence-corrected chi connectivity index (χ0v) is 20.6. The molecular weight excluding hydrogens is 455 g/mol. The number of anilines is 2. The average Bonchev–Trinajstić information content (AvgIpc) is 3.28. The fourth-order valence-electron chi connectivity index (χ4n) is 2.96. The highest BCUT2D eigenvalue weighted by Gasteiger charge is 2.30. The van der Waals surface area contributed by atoms with Crippen LogP contribution < -0.4 is 10.1 Å². The van der Waals surface area contributed by atoms with E-state index in [1.807, 2.05) is 44.2 Å². The van der Waals surface area contributed by atoms with Gasteiger partial charge < -0.3 is 14.8 Å². The van der Waals surface area contributed by atoms with E-state index in [2.05, 4.69) is 20.3 Å². The van der Waals surface area contributed by atoms with Gasteiger partial charge in [-0.25, -0.2) is 19.3 Å². The second-order valence-electron chi connectivity index (χ2n) is 7.73. The van der Waals surface area contributed by atoms with Gasteiger partial charge in [-0.2, -0.15) is 0 Å². The topological polar surface area (TPSA) is 86.2 Å². The molecule has 9 heteroatoms.